The highest BCUT2D eigenvalue weighted by Gasteiger charge is 2.13. The zero-order valence-corrected chi connectivity index (χ0v) is 16.2. The summed E-state index contributed by atoms with van der Waals surface area (Å²) in [5.41, 5.74) is 3.86. The molecule has 1 N–H and O–H groups in total. The third kappa shape index (κ3) is 4.63. The number of hydrogen-bond acceptors (Lipinski definition) is 3. The van der Waals surface area contributed by atoms with Crippen molar-refractivity contribution < 1.29 is 4.79 Å². The highest BCUT2D eigenvalue weighted by Crippen LogP contribution is 2.19. The van der Waals surface area contributed by atoms with Crippen molar-refractivity contribution in [2.45, 2.75) is 27.3 Å². The number of nitrogens with one attached hydrogen (secondary N) is 1. The number of amides is 1. The highest BCUT2D eigenvalue weighted by atomic mass is 35.5. The lowest BCUT2D eigenvalue weighted by atomic mass is 10.1. The quantitative estimate of drug-likeness (QED) is 0.739. The molecule has 5 nitrogen and oxygen atoms in total. The lowest BCUT2D eigenvalue weighted by Crippen LogP contribution is -2.29. The molecular weight excluding hydrogens is 362 g/mol. The molecule has 1 aromatic heterocycles. The average Bonchev–Trinajstić information content (AvgIpc) is 2.57. The van der Waals surface area contributed by atoms with Gasteiger partial charge in [-0.3, -0.25) is 14.2 Å². The van der Waals surface area contributed by atoms with Crippen molar-refractivity contribution in [2.75, 3.05) is 5.32 Å². The van der Waals surface area contributed by atoms with Crippen LogP contribution in [0.2, 0.25) is 5.02 Å². The summed E-state index contributed by atoms with van der Waals surface area (Å²) in [4.78, 5) is 29.5. The summed E-state index contributed by atoms with van der Waals surface area (Å²) < 4.78 is 1.37. The van der Waals surface area contributed by atoms with E-state index in [0.717, 1.165) is 16.7 Å². The Morgan fingerprint density at radius 2 is 1.67 bits per heavy atom. The average molecular weight is 382 g/mol. The predicted octanol–water partition coefficient (Wildman–Crippen LogP) is 4.13. The molecule has 138 valence electrons. The number of hydrogen-bond donors (Lipinski definition) is 1. The number of carbonyl (C=O) groups is 1. The van der Waals surface area contributed by atoms with E-state index in [1.807, 2.05) is 32.0 Å². The molecule has 0 aliphatic heterocycles. The van der Waals surface area contributed by atoms with Gasteiger partial charge in [0.15, 0.2) is 0 Å². The van der Waals surface area contributed by atoms with Crippen molar-refractivity contribution in [3.8, 4) is 11.4 Å². The number of aryl methyl sites for hydroxylation is 3. The summed E-state index contributed by atoms with van der Waals surface area (Å²) in [5, 5.41) is 3.44. The molecule has 3 rings (SSSR count). The first-order chi connectivity index (χ1) is 12.8. The van der Waals surface area contributed by atoms with E-state index in [2.05, 4.69) is 10.3 Å². The second kappa shape index (κ2) is 7.76. The molecule has 0 spiro atoms. The van der Waals surface area contributed by atoms with Crippen LogP contribution < -0.4 is 10.9 Å². The summed E-state index contributed by atoms with van der Waals surface area (Å²) in [6, 6.07) is 14.2. The SMILES string of the molecule is Cc1cc(C)cc(NC(=O)Cn2c(-c3ccc(Cl)cc3)nc(C)cc2=O)c1. The Bertz CT molecular complexity index is 1040. The lowest BCUT2D eigenvalue weighted by Gasteiger charge is -2.13. The molecular formula is C21H20ClN3O2. The molecule has 2 aromatic carbocycles. The van der Waals surface area contributed by atoms with Gasteiger partial charge in [-0.05, 0) is 68.3 Å². The van der Waals surface area contributed by atoms with E-state index >= 15 is 0 Å². The molecule has 3 aromatic rings. The fourth-order valence-corrected chi connectivity index (χ4v) is 3.11. The van der Waals surface area contributed by atoms with Gasteiger partial charge in [-0.25, -0.2) is 4.98 Å². The van der Waals surface area contributed by atoms with Gasteiger partial charge in [0.05, 0.1) is 0 Å². The second-order valence-electron chi connectivity index (χ2n) is 6.58. The predicted molar refractivity (Wildman–Crippen MR) is 108 cm³/mol. The van der Waals surface area contributed by atoms with Gasteiger partial charge in [-0.2, -0.15) is 0 Å². The lowest BCUT2D eigenvalue weighted by molar-refractivity contribution is -0.116. The van der Waals surface area contributed by atoms with Crippen LogP contribution in [-0.2, 0) is 11.3 Å². The molecule has 0 bridgehead atoms. The minimum absolute atomic E-state index is 0.128. The Morgan fingerprint density at radius 1 is 1.04 bits per heavy atom. The van der Waals surface area contributed by atoms with Crippen molar-refractivity contribution in [3.63, 3.8) is 0 Å². The zero-order valence-electron chi connectivity index (χ0n) is 15.4. The molecule has 0 saturated heterocycles. The van der Waals surface area contributed by atoms with Crippen LogP contribution in [0.15, 0.2) is 53.3 Å². The van der Waals surface area contributed by atoms with Crippen molar-refractivity contribution in [2.24, 2.45) is 0 Å². The Kier molecular flexibility index (Phi) is 5.42. The van der Waals surface area contributed by atoms with Gasteiger partial charge in [0.1, 0.15) is 12.4 Å². The number of nitrogens with zero attached hydrogens (tertiary/aromatic N) is 2. The number of benzene rings is 2. The molecule has 0 atom stereocenters. The van der Waals surface area contributed by atoms with Crippen LogP contribution in [0.4, 0.5) is 5.69 Å². The maximum Gasteiger partial charge on any atom is 0.254 e. The first-order valence-corrected chi connectivity index (χ1v) is 8.92. The van der Waals surface area contributed by atoms with Crippen LogP contribution in [0.5, 0.6) is 0 Å². The fraction of sp³-hybridized carbons (Fsp3) is 0.190. The van der Waals surface area contributed by atoms with Crippen LogP contribution in [0.3, 0.4) is 0 Å². The fourth-order valence-electron chi connectivity index (χ4n) is 2.98. The molecule has 6 heteroatoms. The molecule has 1 heterocycles. The van der Waals surface area contributed by atoms with Crippen LogP contribution in [0.25, 0.3) is 11.4 Å². The number of anilines is 1. The van der Waals surface area contributed by atoms with E-state index in [-0.39, 0.29) is 18.0 Å². The first kappa shape index (κ1) is 18.9. The van der Waals surface area contributed by atoms with Gasteiger partial charge in [-0.15, -0.1) is 0 Å². The standard InChI is InChI=1S/C21H20ClN3O2/c1-13-8-14(2)10-18(9-13)24-19(26)12-25-20(27)11-15(3)23-21(25)16-4-6-17(22)7-5-16/h4-11H,12H2,1-3H3,(H,24,26). The monoisotopic (exact) mass is 381 g/mol. The maximum atomic E-state index is 12.6. The van der Waals surface area contributed by atoms with Gasteiger partial charge in [-0.1, -0.05) is 17.7 Å². The third-order valence-electron chi connectivity index (χ3n) is 4.05. The van der Waals surface area contributed by atoms with E-state index in [1.165, 1.54) is 10.6 Å². The Labute approximate surface area is 162 Å². The molecule has 0 fully saturated rings. The molecule has 0 saturated carbocycles. The van der Waals surface area contributed by atoms with Crippen molar-refractivity contribution in [3.05, 3.63) is 80.7 Å². The third-order valence-corrected chi connectivity index (χ3v) is 4.30. The van der Waals surface area contributed by atoms with E-state index in [0.29, 0.717) is 22.2 Å². The maximum absolute atomic E-state index is 12.6. The van der Waals surface area contributed by atoms with Crippen molar-refractivity contribution in [1.82, 2.24) is 9.55 Å². The van der Waals surface area contributed by atoms with Crippen LogP contribution in [-0.4, -0.2) is 15.5 Å². The number of carbonyl (C=O) groups excluding carboxylic acids is 1. The molecule has 0 unspecified atom stereocenters. The van der Waals surface area contributed by atoms with E-state index < -0.39 is 0 Å². The topological polar surface area (TPSA) is 64.0 Å². The molecule has 27 heavy (non-hydrogen) atoms. The minimum atomic E-state index is -0.289. The highest BCUT2D eigenvalue weighted by molar-refractivity contribution is 6.30. The van der Waals surface area contributed by atoms with Gasteiger partial charge < -0.3 is 5.32 Å². The van der Waals surface area contributed by atoms with Gasteiger partial charge in [0, 0.05) is 28.0 Å². The van der Waals surface area contributed by atoms with E-state index in [1.54, 1.807) is 31.2 Å². The summed E-state index contributed by atoms with van der Waals surface area (Å²) in [7, 11) is 0. The van der Waals surface area contributed by atoms with E-state index in [4.69, 9.17) is 11.6 Å². The normalized spacial score (nSPS) is 10.7. The number of rotatable bonds is 4. The minimum Gasteiger partial charge on any atom is -0.325 e. The molecule has 0 radical (unpaired) electrons. The summed E-state index contributed by atoms with van der Waals surface area (Å²) in [6.07, 6.45) is 0. The van der Waals surface area contributed by atoms with E-state index in [9.17, 15) is 9.59 Å². The first-order valence-electron chi connectivity index (χ1n) is 8.54. The molecule has 1 amide bonds. The van der Waals surface area contributed by atoms with Crippen molar-refractivity contribution >= 4 is 23.2 Å². The summed E-state index contributed by atoms with van der Waals surface area (Å²) in [5.74, 6) is 0.148. The van der Waals surface area contributed by atoms with Crippen molar-refractivity contribution in [1.29, 1.82) is 0 Å². The largest absolute Gasteiger partial charge is 0.325 e. The Hall–Kier alpha value is -2.92. The van der Waals surface area contributed by atoms with Gasteiger partial charge >= 0.3 is 0 Å². The molecule has 0 aliphatic rings. The summed E-state index contributed by atoms with van der Waals surface area (Å²) in [6.45, 7) is 5.56. The number of aromatic nitrogens is 2. The number of halogens is 1. The van der Waals surface area contributed by atoms with Gasteiger partial charge in [0.2, 0.25) is 5.91 Å². The zero-order chi connectivity index (χ0) is 19.6. The van der Waals surface area contributed by atoms with Crippen LogP contribution >= 0.6 is 11.6 Å². The van der Waals surface area contributed by atoms with Crippen LogP contribution in [0, 0.1) is 20.8 Å². The Balaban J connectivity index is 1.93. The van der Waals surface area contributed by atoms with Crippen LogP contribution in [0.1, 0.15) is 16.8 Å². The van der Waals surface area contributed by atoms with Gasteiger partial charge in [0.25, 0.3) is 5.56 Å². The Morgan fingerprint density at radius 3 is 2.30 bits per heavy atom. The molecule has 0 aliphatic carbocycles. The smallest absolute Gasteiger partial charge is 0.254 e. The summed E-state index contributed by atoms with van der Waals surface area (Å²) >= 11 is 5.95. The second-order valence-corrected chi connectivity index (χ2v) is 7.01.